The number of thiazole rings is 1. The topological polar surface area (TPSA) is 107 Å². The third kappa shape index (κ3) is 4.17. The first-order chi connectivity index (χ1) is 15.2. The lowest BCUT2D eigenvalue weighted by atomic mass is 10.2. The molecule has 1 aliphatic heterocycles. The van der Waals surface area contributed by atoms with Crippen molar-refractivity contribution in [2.45, 2.75) is 26.4 Å². The summed E-state index contributed by atoms with van der Waals surface area (Å²) in [4.78, 5) is 25.0. The lowest BCUT2D eigenvalue weighted by molar-refractivity contribution is -0.116. The Labute approximate surface area is 189 Å². The van der Waals surface area contributed by atoms with Crippen LogP contribution in [0.15, 0.2) is 41.2 Å². The quantitative estimate of drug-likeness (QED) is 0.585. The zero-order valence-corrected chi connectivity index (χ0v) is 19.5. The van der Waals surface area contributed by atoms with Crippen molar-refractivity contribution in [3.05, 3.63) is 46.1 Å². The number of aromatic nitrogens is 1. The Kier molecular flexibility index (Phi) is 5.87. The number of rotatable bonds is 6. The van der Waals surface area contributed by atoms with E-state index in [-0.39, 0.29) is 4.87 Å². The molecule has 4 rings (SSSR count). The van der Waals surface area contributed by atoms with E-state index in [2.05, 4.69) is 5.32 Å². The molecule has 1 amide bonds. The molecule has 2 aromatic carbocycles. The van der Waals surface area contributed by atoms with Crippen molar-refractivity contribution in [3.8, 4) is 11.5 Å². The predicted octanol–water partition coefficient (Wildman–Crippen LogP) is 2.65. The SMILES string of the molecule is CCn1c(=O)sc2cc(NC(=O)[C@@H](C)N(c3ccc4c(c3)OCCO4)S(C)(=O)=O)ccc21. The number of nitrogens with one attached hydrogen (secondary N) is 1. The smallest absolute Gasteiger partial charge is 0.308 e. The number of anilines is 2. The first-order valence-corrected chi connectivity index (χ1v) is 12.7. The molecular weight excluding hydrogens is 454 g/mol. The van der Waals surface area contributed by atoms with Crippen molar-refractivity contribution in [1.29, 1.82) is 0 Å². The summed E-state index contributed by atoms with van der Waals surface area (Å²) in [5.41, 5.74) is 1.57. The molecule has 0 aliphatic carbocycles. The minimum Gasteiger partial charge on any atom is -0.486 e. The van der Waals surface area contributed by atoms with Gasteiger partial charge >= 0.3 is 4.87 Å². The molecule has 0 radical (unpaired) electrons. The van der Waals surface area contributed by atoms with Crippen LogP contribution in [0.1, 0.15) is 13.8 Å². The highest BCUT2D eigenvalue weighted by molar-refractivity contribution is 7.92. The third-order valence-electron chi connectivity index (χ3n) is 5.12. The monoisotopic (exact) mass is 477 g/mol. The second kappa shape index (κ2) is 8.47. The molecule has 0 fully saturated rings. The molecule has 0 saturated carbocycles. The molecule has 2 heterocycles. The van der Waals surface area contributed by atoms with Gasteiger partial charge in [0.15, 0.2) is 11.5 Å². The van der Waals surface area contributed by atoms with Crippen LogP contribution in [0.3, 0.4) is 0 Å². The number of amides is 1. The fourth-order valence-electron chi connectivity index (χ4n) is 3.67. The van der Waals surface area contributed by atoms with Crippen LogP contribution in [0, 0.1) is 0 Å². The fourth-order valence-corrected chi connectivity index (χ4v) is 5.83. The molecule has 11 heteroatoms. The summed E-state index contributed by atoms with van der Waals surface area (Å²) < 4.78 is 39.7. The number of benzene rings is 2. The minimum absolute atomic E-state index is 0.0683. The van der Waals surface area contributed by atoms with E-state index in [4.69, 9.17) is 9.47 Å². The lowest BCUT2D eigenvalue weighted by Gasteiger charge is -2.29. The van der Waals surface area contributed by atoms with Gasteiger partial charge in [-0.05, 0) is 44.2 Å². The van der Waals surface area contributed by atoms with Crippen molar-refractivity contribution >= 4 is 48.9 Å². The Balaban J connectivity index is 1.62. The first kappa shape index (κ1) is 22.2. The van der Waals surface area contributed by atoms with E-state index in [1.165, 1.54) is 6.92 Å². The van der Waals surface area contributed by atoms with Gasteiger partial charge in [0.05, 0.1) is 22.2 Å². The van der Waals surface area contributed by atoms with Crippen LogP contribution in [-0.4, -0.2) is 44.4 Å². The van der Waals surface area contributed by atoms with Gasteiger partial charge < -0.3 is 14.8 Å². The molecular formula is C21H23N3O6S2. The fraction of sp³-hybridized carbons (Fsp3) is 0.333. The number of nitrogens with zero attached hydrogens (tertiary/aromatic N) is 2. The number of hydrogen-bond donors (Lipinski definition) is 1. The molecule has 170 valence electrons. The summed E-state index contributed by atoms with van der Waals surface area (Å²) in [6.07, 6.45) is 1.05. The summed E-state index contributed by atoms with van der Waals surface area (Å²) in [6, 6.07) is 8.90. The predicted molar refractivity (Wildman–Crippen MR) is 125 cm³/mol. The number of carbonyl (C=O) groups is 1. The Morgan fingerprint density at radius 1 is 1.19 bits per heavy atom. The highest BCUT2D eigenvalue weighted by Crippen LogP contribution is 2.35. The van der Waals surface area contributed by atoms with Gasteiger partial charge in [0.2, 0.25) is 15.9 Å². The number of ether oxygens (including phenoxy) is 2. The standard InChI is InChI=1S/C21H23N3O6S2/c1-4-23-16-7-5-14(11-19(16)31-21(23)26)22-20(25)13(2)24(32(3,27)28)15-6-8-17-18(12-15)30-10-9-29-17/h5-8,11-13H,4,9-10H2,1-3H3,(H,22,25)/t13-/m1/s1. The van der Waals surface area contributed by atoms with E-state index in [0.29, 0.717) is 42.6 Å². The Morgan fingerprint density at radius 3 is 2.59 bits per heavy atom. The third-order valence-corrected chi connectivity index (χ3v) is 7.30. The number of aryl methyl sites for hydroxylation is 1. The van der Waals surface area contributed by atoms with E-state index < -0.39 is 22.0 Å². The van der Waals surface area contributed by atoms with Crippen molar-refractivity contribution in [2.75, 3.05) is 29.1 Å². The second-order valence-corrected chi connectivity index (χ2v) is 10.2. The van der Waals surface area contributed by atoms with Crippen LogP contribution in [0.25, 0.3) is 10.2 Å². The number of carbonyl (C=O) groups excluding carboxylic acids is 1. The highest BCUT2D eigenvalue weighted by Gasteiger charge is 2.30. The van der Waals surface area contributed by atoms with Crippen LogP contribution < -0.4 is 24.0 Å². The first-order valence-electron chi connectivity index (χ1n) is 10.0. The van der Waals surface area contributed by atoms with Crippen molar-refractivity contribution in [3.63, 3.8) is 0 Å². The Hall–Kier alpha value is -3.05. The largest absolute Gasteiger partial charge is 0.486 e. The summed E-state index contributed by atoms with van der Waals surface area (Å²) in [5, 5.41) is 2.76. The molecule has 9 nitrogen and oxygen atoms in total. The van der Waals surface area contributed by atoms with Crippen LogP contribution >= 0.6 is 11.3 Å². The van der Waals surface area contributed by atoms with Gasteiger partial charge in [-0.25, -0.2) is 8.42 Å². The summed E-state index contributed by atoms with van der Waals surface area (Å²) >= 11 is 1.10. The van der Waals surface area contributed by atoms with E-state index in [1.54, 1.807) is 41.0 Å². The zero-order valence-electron chi connectivity index (χ0n) is 17.8. The Morgan fingerprint density at radius 2 is 1.91 bits per heavy atom. The van der Waals surface area contributed by atoms with E-state index in [9.17, 15) is 18.0 Å². The van der Waals surface area contributed by atoms with Gasteiger partial charge in [0.1, 0.15) is 19.3 Å². The summed E-state index contributed by atoms with van der Waals surface area (Å²) in [6.45, 7) is 4.74. The molecule has 0 spiro atoms. The molecule has 3 aromatic rings. The number of fused-ring (bicyclic) bond motifs is 2. The molecule has 0 bridgehead atoms. The van der Waals surface area contributed by atoms with Gasteiger partial charge in [-0.3, -0.25) is 18.5 Å². The molecule has 1 N–H and O–H groups in total. The zero-order chi connectivity index (χ0) is 23.0. The van der Waals surface area contributed by atoms with Gasteiger partial charge in [-0.15, -0.1) is 0 Å². The minimum atomic E-state index is -3.79. The van der Waals surface area contributed by atoms with Gasteiger partial charge in [-0.2, -0.15) is 0 Å². The maximum Gasteiger partial charge on any atom is 0.308 e. The normalized spacial score (nSPS) is 14.2. The lowest BCUT2D eigenvalue weighted by Crippen LogP contribution is -2.45. The average Bonchev–Trinajstić information content (AvgIpc) is 3.06. The maximum atomic E-state index is 13.0. The highest BCUT2D eigenvalue weighted by atomic mass is 32.2. The number of hydrogen-bond acceptors (Lipinski definition) is 7. The van der Waals surface area contributed by atoms with E-state index in [0.717, 1.165) is 32.1 Å². The number of sulfonamides is 1. The van der Waals surface area contributed by atoms with Crippen molar-refractivity contribution in [2.24, 2.45) is 0 Å². The Bertz CT molecular complexity index is 1350. The summed E-state index contributed by atoms with van der Waals surface area (Å²) in [7, 11) is -3.79. The maximum absolute atomic E-state index is 13.0. The van der Waals surface area contributed by atoms with Crippen LogP contribution in [0.5, 0.6) is 11.5 Å². The van der Waals surface area contributed by atoms with Gasteiger partial charge in [-0.1, -0.05) is 11.3 Å². The van der Waals surface area contributed by atoms with Gasteiger partial charge in [0, 0.05) is 18.3 Å². The molecule has 1 aliphatic rings. The van der Waals surface area contributed by atoms with Crippen LogP contribution in [0.2, 0.25) is 0 Å². The summed E-state index contributed by atoms with van der Waals surface area (Å²) in [5.74, 6) is 0.444. The van der Waals surface area contributed by atoms with Gasteiger partial charge in [0.25, 0.3) is 0 Å². The van der Waals surface area contributed by atoms with E-state index >= 15 is 0 Å². The van der Waals surface area contributed by atoms with Crippen molar-refractivity contribution < 1.29 is 22.7 Å². The molecule has 1 atom stereocenters. The average molecular weight is 478 g/mol. The molecule has 32 heavy (non-hydrogen) atoms. The van der Waals surface area contributed by atoms with E-state index in [1.807, 2.05) is 6.92 Å². The van der Waals surface area contributed by atoms with Crippen LogP contribution in [0.4, 0.5) is 11.4 Å². The molecule has 1 aromatic heterocycles. The molecule has 0 saturated heterocycles. The second-order valence-electron chi connectivity index (χ2n) is 7.35. The van der Waals surface area contributed by atoms with Crippen LogP contribution in [-0.2, 0) is 21.4 Å². The molecule has 0 unspecified atom stereocenters. The van der Waals surface area contributed by atoms with Crippen molar-refractivity contribution in [1.82, 2.24) is 4.57 Å².